The van der Waals surface area contributed by atoms with Crippen LogP contribution in [0.4, 0.5) is 0 Å². The second-order valence-corrected chi connectivity index (χ2v) is 8.52. The number of nitrogens with one attached hydrogen (secondary N) is 1. The summed E-state index contributed by atoms with van der Waals surface area (Å²) in [6.45, 7) is 4.63. The third-order valence-electron chi connectivity index (χ3n) is 6.07. The van der Waals surface area contributed by atoms with E-state index in [1.165, 1.54) is 0 Å². The molecule has 4 rings (SSSR count). The van der Waals surface area contributed by atoms with Crippen LogP contribution in [0.15, 0.2) is 42.5 Å². The van der Waals surface area contributed by atoms with Gasteiger partial charge >= 0.3 is 0 Å². The number of rotatable bonds is 6. The summed E-state index contributed by atoms with van der Waals surface area (Å²) in [5, 5.41) is 2.89. The molecule has 8 heteroatoms. The van der Waals surface area contributed by atoms with Gasteiger partial charge < -0.3 is 15.0 Å². The van der Waals surface area contributed by atoms with Crippen molar-refractivity contribution < 1.29 is 23.9 Å². The molecule has 33 heavy (non-hydrogen) atoms. The van der Waals surface area contributed by atoms with Crippen molar-refractivity contribution >= 4 is 23.6 Å². The highest BCUT2D eigenvalue weighted by atomic mass is 16.5. The summed E-state index contributed by atoms with van der Waals surface area (Å²) in [5.41, 5.74) is 2.77. The summed E-state index contributed by atoms with van der Waals surface area (Å²) in [6.07, 6.45) is 1.20. The maximum absolute atomic E-state index is 12.5. The number of amides is 4. The van der Waals surface area contributed by atoms with Gasteiger partial charge in [0, 0.05) is 19.1 Å². The van der Waals surface area contributed by atoms with E-state index in [2.05, 4.69) is 5.32 Å². The fraction of sp³-hybridized carbons (Fsp3) is 0.360. The Morgan fingerprint density at radius 1 is 1.00 bits per heavy atom. The van der Waals surface area contributed by atoms with Crippen LogP contribution in [0.3, 0.4) is 0 Å². The third kappa shape index (κ3) is 4.89. The number of hydrogen-bond acceptors (Lipinski definition) is 5. The molecular weight excluding hydrogens is 422 g/mol. The van der Waals surface area contributed by atoms with Crippen LogP contribution in [0.25, 0.3) is 0 Å². The summed E-state index contributed by atoms with van der Waals surface area (Å²) in [5.74, 6) is -0.674. The number of piperidine rings is 1. The van der Waals surface area contributed by atoms with E-state index in [4.69, 9.17) is 4.74 Å². The average molecular weight is 450 g/mol. The monoisotopic (exact) mass is 449 g/mol. The predicted octanol–water partition coefficient (Wildman–Crippen LogP) is 2.09. The van der Waals surface area contributed by atoms with E-state index in [1.54, 1.807) is 29.2 Å². The Kier molecular flexibility index (Phi) is 6.44. The zero-order valence-corrected chi connectivity index (χ0v) is 18.8. The Morgan fingerprint density at radius 2 is 1.64 bits per heavy atom. The number of carbonyl (C=O) groups excluding carboxylic acids is 4. The van der Waals surface area contributed by atoms with Gasteiger partial charge in [-0.25, -0.2) is 0 Å². The molecular formula is C25H27N3O5. The van der Waals surface area contributed by atoms with Crippen molar-refractivity contribution in [3.8, 4) is 5.75 Å². The van der Waals surface area contributed by atoms with Crippen LogP contribution in [0.5, 0.6) is 5.75 Å². The number of benzene rings is 2. The van der Waals surface area contributed by atoms with Crippen LogP contribution in [-0.4, -0.2) is 65.7 Å². The van der Waals surface area contributed by atoms with Crippen LogP contribution in [0.1, 0.15) is 44.7 Å². The lowest BCUT2D eigenvalue weighted by Gasteiger charge is -2.32. The van der Waals surface area contributed by atoms with E-state index >= 15 is 0 Å². The summed E-state index contributed by atoms with van der Waals surface area (Å²) >= 11 is 0. The molecule has 0 aliphatic carbocycles. The average Bonchev–Trinajstić information content (AvgIpc) is 3.04. The van der Waals surface area contributed by atoms with Crippen molar-refractivity contribution in [1.82, 2.24) is 15.1 Å². The molecule has 4 amide bonds. The smallest absolute Gasteiger partial charge is 0.262 e. The Labute approximate surface area is 192 Å². The van der Waals surface area contributed by atoms with E-state index in [0.717, 1.165) is 16.0 Å². The normalized spacial score (nSPS) is 16.1. The Bertz CT molecular complexity index is 1070. The Hall–Kier alpha value is -3.68. The molecule has 0 aromatic heterocycles. The first-order chi connectivity index (χ1) is 15.8. The predicted molar refractivity (Wildman–Crippen MR) is 121 cm³/mol. The van der Waals surface area contributed by atoms with Gasteiger partial charge in [0.2, 0.25) is 5.91 Å². The van der Waals surface area contributed by atoms with Crippen LogP contribution < -0.4 is 10.1 Å². The number of nitrogens with zero attached hydrogens (tertiary/aromatic N) is 2. The van der Waals surface area contributed by atoms with Crippen LogP contribution in [0, 0.1) is 13.8 Å². The van der Waals surface area contributed by atoms with Gasteiger partial charge in [-0.05, 0) is 50.5 Å². The number of aryl methyl sites for hydroxylation is 2. The molecule has 2 aliphatic heterocycles. The molecule has 1 fully saturated rings. The fourth-order valence-corrected chi connectivity index (χ4v) is 4.26. The molecule has 2 heterocycles. The SMILES string of the molecule is Cc1ccc(OCC(=O)N2CCC(NC(=O)CN3C(=O)c4ccccc4C3=O)CC2)c(C)c1. The highest BCUT2D eigenvalue weighted by Crippen LogP contribution is 2.22. The fourth-order valence-electron chi connectivity index (χ4n) is 4.26. The van der Waals surface area contributed by atoms with Crippen molar-refractivity contribution in [2.75, 3.05) is 26.2 Å². The van der Waals surface area contributed by atoms with Gasteiger partial charge in [0.1, 0.15) is 12.3 Å². The summed E-state index contributed by atoms with van der Waals surface area (Å²) in [6, 6.07) is 12.3. The first-order valence-corrected chi connectivity index (χ1v) is 11.1. The molecule has 0 radical (unpaired) electrons. The van der Waals surface area contributed by atoms with Crippen LogP contribution in [0.2, 0.25) is 0 Å². The van der Waals surface area contributed by atoms with Gasteiger partial charge in [-0.2, -0.15) is 0 Å². The number of fused-ring (bicyclic) bond motifs is 1. The quantitative estimate of drug-likeness (QED) is 0.682. The van der Waals surface area contributed by atoms with E-state index in [9.17, 15) is 19.2 Å². The minimum absolute atomic E-state index is 0.0271. The minimum Gasteiger partial charge on any atom is -0.484 e. The molecule has 0 unspecified atom stereocenters. The number of hydrogen-bond donors (Lipinski definition) is 1. The van der Waals surface area contributed by atoms with E-state index in [1.807, 2.05) is 32.0 Å². The van der Waals surface area contributed by atoms with Crippen LogP contribution >= 0.6 is 0 Å². The summed E-state index contributed by atoms with van der Waals surface area (Å²) in [4.78, 5) is 52.6. The molecule has 2 aromatic rings. The minimum atomic E-state index is -0.449. The van der Waals surface area contributed by atoms with E-state index in [-0.39, 0.29) is 31.0 Å². The van der Waals surface area contributed by atoms with Gasteiger partial charge in [0.15, 0.2) is 6.61 Å². The molecule has 0 atom stereocenters. The van der Waals surface area contributed by atoms with Crippen LogP contribution in [-0.2, 0) is 9.59 Å². The van der Waals surface area contributed by atoms with Gasteiger partial charge in [0.05, 0.1) is 11.1 Å². The van der Waals surface area contributed by atoms with Crippen molar-refractivity contribution in [3.63, 3.8) is 0 Å². The highest BCUT2D eigenvalue weighted by Gasteiger charge is 2.36. The molecule has 2 aliphatic rings. The molecule has 1 saturated heterocycles. The lowest BCUT2D eigenvalue weighted by atomic mass is 10.0. The van der Waals surface area contributed by atoms with Gasteiger partial charge in [0.25, 0.3) is 17.7 Å². The number of likely N-dealkylation sites (tertiary alicyclic amines) is 1. The molecule has 0 bridgehead atoms. The van der Waals surface area contributed by atoms with E-state index < -0.39 is 11.8 Å². The topological polar surface area (TPSA) is 96.0 Å². The van der Waals surface area contributed by atoms with Crippen molar-refractivity contribution in [1.29, 1.82) is 0 Å². The second-order valence-electron chi connectivity index (χ2n) is 8.52. The third-order valence-corrected chi connectivity index (χ3v) is 6.07. The maximum Gasteiger partial charge on any atom is 0.262 e. The number of imide groups is 1. The van der Waals surface area contributed by atoms with Gasteiger partial charge in [-0.3, -0.25) is 24.1 Å². The Balaban J connectivity index is 1.22. The molecule has 2 aromatic carbocycles. The first kappa shape index (κ1) is 22.5. The summed E-state index contributed by atoms with van der Waals surface area (Å²) < 4.78 is 5.69. The van der Waals surface area contributed by atoms with E-state index in [0.29, 0.717) is 42.8 Å². The van der Waals surface area contributed by atoms with Crippen molar-refractivity contribution in [2.45, 2.75) is 32.7 Å². The highest BCUT2D eigenvalue weighted by molar-refractivity contribution is 6.22. The molecule has 0 saturated carbocycles. The first-order valence-electron chi connectivity index (χ1n) is 11.1. The molecule has 0 spiro atoms. The van der Waals surface area contributed by atoms with Gasteiger partial charge in [-0.1, -0.05) is 29.8 Å². The molecule has 172 valence electrons. The molecule has 1 N–H and O–H groups in total. The maximum atomic E-state index is 12.5. The largest absolute Gasteiger partial charge is 0.484 e. The lowest BCUT2D eigenvalue weighted by molar-refractivity contribution is -0.134. The van der Waals surface area contributed by atoms with Crippen molar-refractivity contribution in [3.05, 3.63) is 64.7 Å². The number of carbonyl (C=O) groups is 4. The van der Waals surface area contributed by atoms with Gasteiger partial charge in [-0.15, -0.1) is 0 Å². The summed E-state index contributed by atoms with van der Waals surface area (Å²) in [7, 11) is 0. The zero-order chi connectivity index (χ0) is 23.5. The molecule has 8 nitrogen and oxygen atoms in total. The standard InChI is InChI=1S/C25H27N3O5/c1-16-7-8-21(17(2)13-16)33-15-23(30)27-11-9-18(10-12-27)26-22(29)14-28-24(31)19-5-3-4-6-20(19)25(28)32/h3-8,13,18H,9-12,14-15H2,1-2H3,(H,26,29). The number of ether oxygens (including phenoxy) is 1. The second kappa shape index (κ2) is 9.44. The zero-order valence-electron chi connectivity index (χ0n) is 18.8. The Morgan fingerprint density at radius 3 is 2.24 bits per heavy atom. The van der Waals surface area contributed by atoms with Crippen molar-refractivity contribution in [2.24, 2.45) is 0 Å². The lowest BCUT2D eigenvalue weighted by Crippen LogP contribution is -2.50.